The molecule has 152 valence electrons. The molecular formula is C22H24N2O4S. The smallest absolute Gasteiger partial charge is 0.323 e. The third-order valence-corrected chi connectivity index (χ3v) is 5.73. The molecule has 1 aliphatic rings. The van der Waals surface area contributed by atoms with Crippen molar-refractivity contribution in [3.05, 3.63) is 58.8 Å². The Kier molecular flexibility index (Phi) is 6.27. The lowest BCUT2D eigenvalue weighted by atomic mass is 10.1. The van der Waals surface area contributed by atoms with E-state index >= 15 is 0 Å². The molecule has 1 aliphatic heterocycles. The fourth-order valence-corrected chi connectivity index (χ4v) is 3.90. The van der Waals surface area contributed by atoms with Gasteiger partial charge in [0.2, 0.25) is 5.89 Å². The number of carbonyl (C=O) groups excluding carboxylic acids is 1. The number of rotatable bonds is 7. The quantitative estimate of drug-likeness (QED) is 0.577. The Labute approximate surface area is 173 Å². The lowest BCUT2D eigenvalue weighted by Crippen LogP contribution is -2.41. The van der Waals surface area contributed by atoms with Gasteiger partial charge >= 0.3 is 5.97 Å². The number of esters is 1. The van der Waals surface area contributed by atoms with Crippen LogP contribution in [-0.4, -0.2) is 23.5 Å². The van der Waals surface area contributed by atoms with Gasteiger partial charge in [-0.15, -0.1) is 11.3 Å². The molecule has 0 saturated carbocycles. The number of aryl methyl sites for hydroxylation is 1. The molecule has 1 unspecified atom stereocenters. The normalized spacial score (nSPS) is 16.5. The van der Waals surface area contributed by atoms with E-state index in [1.54, 1.807) is 11.3 Å². The van der Waals surface area contributed by atoms with E-state index in [0.29, 0.717) is 18.2 Å². The average Bonchev–Trinajstić information content (AvgIpc) is 3.41. The first-order valence-electron chi connectivity index (χ1n) is 9.81. The number of benzene rings is 1. The maximum absolute atomic E-state index is 12.2. The van der Waals surface area contributed by atoms with Crippen molar-refractivity contribution in [3.63, 3.8) is 0 Å². The molecule has 1 N–H and O–H groups in total. The van der Waals surface area contributed by atoms with Gasteiger partial charge in [-0.1, -0.05) is 24.6 Å². The number of piperidine rings is 1. The van der Waals surface area contributed by atoms with Gasteiger partial charge in [-0.05, 0) is 55.5 Å². The largest absolute Gasteiger partial charge is 0.487 e. The summed E-state index contributed by atoms with van der Waals surface area (Å²) in [5, 5.41) is 5.20. The van der Waals surface area contributed by atoms with Crippen LogP contribution < -0.4 is 10.1 Å². The van der Waals surface area contributed by atoms with Gasteiger partial charge in [0.05, 0.1) is 4.88 Å². The molecule has 7 heteroatoms. The standard InChI is InChI=1S/C22H24N2O4S/c1-15-19(24-21(28-15)20-9-5-11-29-20)14-26-17-7-4-6-16(12-17)13-27-22(25)18-8-2-3-10-23-18/h4-7,9,11-12,18,23H,2-3,8,10,13-14H2,1H3. The summed E-state index contributed by atoms with van der Waals surface area (Å²) < 4.78 is 17.1. The molecule has 1 fully saturated rings. The van der Waals surface area contributed by atoms with Gasteiger partial charge in [0, 0.05) is 0 Å². The Morgan fingerprint density at radius 1 is 1.28 bits per heavy atom. The van der Waals surface area contributed by atoms with E-state index in [1.165, 1.54) is 0 Å². The monoisotopic (exact) mass is 412 g/mol. The van der Waals surface area contributed by atoms with Crippen molar-refractivity contribution in [2.24, 2.45) is 0 Å². The van der Waals surface area contributed by atoms with E-state index in [0.717, 1.165) is 47.7 Å². The zero-order valence-electron chi connectivity index (χ0n) is 16.3. The number of carbonyl (C=O) groups is 1. The van der Waals surface area contributed by atoms with Crippen LogP contribution in [0.4, 0.5) is 0 Å². The molecule has 6 nitrogen and oxygen atoms in total. The fourth-order valence-electron chi connectivity index (χ4n) is 3.25. The molecular weight excluding hydrogens is 388 g/mol. The third-order valence-electron chi connectivity index (χ3n) is 4.87. The third kappa shape index (κ3) is 5.05. The minimum absolute atomic E-state index is 0.184. The van der Waals surface area contributed by atoms with Crippen molar-refractivity contribution in [2.75, 3.05) is 6.54 Å². The maximum atomic E-state index is 12.2. The minimum Gasteiger partial charge on any atom is -0.487 e. The lowest BCUT2D eigenvalue weighted by molar-refractivity contribution is -0.148. The summed E-state index contributed by atoms with van der Waals surface area (Å²) >= 11 is 1.59. The number of nitrogens with one attached hydrogen (secondary N) is 1. The van der Waals surface area contributed by atoms with E-state index in [4.69, 9.17) is 13.9 Å². The highest BCUT2D eigenvalue weighted by molar-refractivity contribution is 7.13. The summed E-state index contributed by atoms with van der Waals surface area (Å²) in [6.07, 6.45) is 3.02. The van der Waals surface area contributed by atoms with Crippen LogP contribution >= 0.6 is 11.3 Å². The van der Waals surface area contributed by atoms with Gasteiger partial charge in [-0.3, -0.25) is 4.79 Å². The average molecular weight is 413 g/mol. The second-order valence-electron chi connectivity index (χ2n) is 7.05. The zero-order valence-corrected chi connectivity index (χ0v) is 17.2. The van der Waals surface area contributed by atoms with Gasteiger partial charge in [-0.2, -0.15) is 0 Å². The second-order valence-corrected chi connectivity index (χ2v) is 7.99. The fraction of sp³-hybridized carbons (Fsp3) is 0.364. The van der Waals surface area contributed by atoms with Crippen molar-refractivity contribution >= 4 is 17.3 Å². The molecule has 1 atom stereocenters. The van der Waals surface area contributed by atoms with E-state index in [-0.39, 0.29) is 18.6 Å². The molecule has 4 rings (SSSR count). The maximum Gasteiger partial charge on any atom is 0.323 e. The number of aromatic nitrogens is 1. The molecule has 0 spiro atoms. The van der Waals surface area contributed by atoms with Gasteiger partial charge < -0.3 is 19.2 Å². The van der Waals surface area contributed by atoms with E-state index < -0.39 is 0 Å². The highest BCUT2D eigenvalue weighted by atomic mass is 32.1. The van der Waals surface area contributed by atoms with Crippen LogP contribution in [0.3, 0.4) is 0 Å². The molecule has 1 aromatic carbocycles. The molecule has 0 aliphatic carbocycles. The Balaban J connectivity index is 1.33. The molecule has 0 amide bonds. The summed E-state index contributed by atoms with van der Waals surface area (Å²) in [4.78, 5) is 17.7. The molecule has 1 saturated heterocycles. The van der Waals surface area contributed by atoms with E-state index in [2.05, 4.69) is 10.3 Å². The summed E-state index contributed by atoms with van der Waals surface area (Å²) in [7, 11) is 0. The van der Waals surface area contributed by atoms with Crippen LogP contribution in [-0.2, 0) is 22.7 Å². The molecule has 3 aromatic rings. The van der Waals surface area contributed by atoms with Crippen LogP contribution in [0.2, 0.25) is 0 Å². The van der Waals surface area contributed by atoms with Crippen molar-refractivity contribution in [1.29, 1.82) is 0 Å². The van der Waals surface area contributed by atoms with Crippen LogP contribution in [0.25, 0.3) is 10.8 Å². The Morgan fingerprint density at radius 3 is 3.00 bits per heavy atom. The number of ether oxygens (including phenoxy) is 2. The van der Waals surface area contributed by atoms with Crippen LogP contribution in [0.15, 0.2) is 46.2 Å². The van der Waals surface area contributed by atoms with Gasteiger partial charge in [0.25, 0.3) is 0 Å². The zero-order chi connectivity index (χ0) is 20.1. The first-order chi connectivity index (χ1) is 14.2. The van der Waals surface area contributed by atoms with Gasteiger partial charge in [-0.25, -0.2) is 4.98 Å². The summed E-state index contributed by atoms with van der Waals surface area (Å²) in [6, 6.07) is 11.3. The highest BCUT2D eigenvalue weighted by Crippen LogP contribution is 2.26. The van der Waals surface area contributed by atoms with Crippen LogP contribution in [0, 0.1) is 6.92 Å². The minimum atomic E-state index is -0.185. The Hall–Kier alpha value is -2.64. The number of nitrogens with zero attached hydrogens (tertiary/aromatic N) is 1. The van der Waals surface area contributed by atoms with E-state index in [1.807, 2.05) is 48.7 Å². The molecule has 3 heterocycles. The number of thiophene rings is 1. The number of hydrogen-bond donors (Lipinski definition) is 1. The Morgan fingerprint density at radius 2 is 2.21 bits per heavy atom. The molecule has 0 radical (unpaired) electrons. The van der Waals surface area contributed by atoms with Crippen molar-refractivity contribution in [3.8, 4) is 16.5 Å². The molecule has 0 bridgehead atoms. The predicted molar refractivity (Wildman–Crippen MR) is 111 cm³/mol. The van der Waals surface area contributed by atoms with Gasteiger partial charge in [0.15, 0.2) is 0 Å². The predicted octanol–water partition coefficient (Wildman–Crippen LogP) is 4.48. The topological polar surface area (TPSA) is 73.6 Å². The van der Waals surface area contributed by atoms with E-state index in [9.17, 15) is 4.79 Å². The first-order valence-corrected chi connectivity index (χ1v) is 10.7. The van der Waals surface area contributed by atoms with Gasteiger partial charge in [0.1, 0.15) is 36.5 Å². The summed E-state index contributed by atoms with van der Waals surface area (Å²) in [5.41, 5.74) is 1.66. The van der Waals surface area contributed by atoms with Crippen LogP contribution in [0.1, 0.15) is 36.3 Å². The van der Waals surface area contributed by atoms with Crippen molar-refractivity contribution in [1.82, 2.24) is 10.3 Å². The molecule has 29 heavy (non-hydrogen) atoms. The number of oxazole rings is 1. The second kappa shape index (κ2) is 9.24. The van der Waals surface area contributed by atoms with Crippen molar-refractivity contribution in [2.45, 2.75) is 45.4 Å². The van der Waals surface area contributed by atoms with Crippen molar-refractivity contribution < 1.29 is 18.7 Å². The van der Waals surface area contributed by atoms with Crippen LogP contribution in [0.5, 0.6) is 5.75 Å². The highest BCUT2D eigenvalue weighted by Gasteiger charge is 2.21. The summed E-state index contributed by atoms with van der Waals surface area (Å²) in [5.74, 6) is 1.89. The Bertz CT molecular complexity index is 946. The SMILES string of the molecule is Cc1oc(-c2cccs2)nc1COc1cccc(COC(=O)C2CCCCN2)c1. The lowest BCUT2D eigenvalue weighted by Gasteiger charge is -2.21. The molecule has 2 aromatic heterocycles. The number of hydrogen-bond acceptors (Lipinski definition) is 7. The first kappa shape index (κ1) is 19.7. The summed E-state index contributed by atoms with van der Waals surface area (Å²) in [6.45, 7) is 3.31.